The Morgan fingerprint density at radius 3 is 1.43 bits per heavy atom. The molecule has 2 N–H and O–H groups in total. The molecular formula is C44H79N3. The molecule has 0 unspecified atom stereocenters. The number of H-pyrrole nitrogens is 1. The van der Waals surface area contributed by atoms with Crippen LogP contribution in [0.5, 0.6) is 0 Å². The minimum Gasteiger partial charge on any atom is -0.348 e. The van der Waals surface area contributed by atoms with Gasteiger partial charge in [0.1, 0.15) is 0 Å². The van der Waals surface area contributed by atoms with Crippen molar-refractivity contribution in [3.8, 4) is 0 Å². The highest BCUT2D eigenvalue weighted by molar-refractivity contribution is 4.94. The summed E-state index contributed by atoms with van der Waals surface area (Å²) in [7, 11) is 0. The predicted octanol–water partition coefficient (Wildman–Crippen LogP) is 14.1. The second kappa shape index (κ2) is 37.0. The van der Waals surface area contributed by atoms with Crippen LogP contribution < -0.4 is 5.32 Å². The molecule has 0 bridgehead atoms. The molecule has 0 amide bonds. The third-order valence-electron chi connectivity index (χ3n) is 9.37. The first kappa shape index (κ1) is 43.2. The molecule has 3 nitrogen and oxygen atoms in total. The average Bonchev–Trinajstić information content (AvgIpc) is 3.61. The van der Waals surface area contributed by atoms with Gasteiger partial charge in [-0.05, 0) is 103 Å². The molecule has 0 radical (unpaired) electrons. The Morgan fingerprint density at radius 2 is 0.979 bits per heavy atom. The molecule has 47 heavy (non-hydrogen) atoms. The van der Waals surface area contributed by atoms with Crippen LogP contribution in [-0.4, -0.2) is 22.6 Å². The third-order valence-corrected chi connectivity index (χ3v) is 9.37. The fourth-order valence-corrected chi connectivity index (χ4v) is 6.27. The van der Waals surface area contributed by atoms with Crippen molar-refractivity contribution in [1.82, 2.24) is 15.3 Å². The Morgan fingerprint density at radius 1 is 0.532 bits per heavy atom. The monoisotopic (exact) mass is 650 g/mol. The highest BCUT2D eigenvalue weighted by Gasteiger charge is 2.08. The lowest BCUT2D eigenvalue weighted by molar-refractivity contribution is 0.407. The fraction of sp³-hybridized carbons (Fsp3) is 0.750. The number of nitrogens with one attached hydrogen (secondary N) is 2. The second-order valence-corrected chi connectivity index (χ2v) is 13.9. The molecule has 0 aromatic carbocycles. The van der Waals surface area contributed by atoms with E-state index in [1.807, 2.05) is 6.20 Å². The standard InChI is InChI=1S/C44H79N3/c1-3-5-7-9-11-13-15-17-19-21-23-25-27-29-31-33-37-43(46-40-36-35-39-44-41-45-42-47-44)38-34-32-30-28-26-24-22-20-18-16-14-12-10-8-6-4-2/h11-14,17-20,41-43,46H,3-10,15-16,21-40H2,1-2H3,(H,45,47)/b13-11-,14-12-,19-17-,20-18-. The van der Waals surface area contributed by atoms with E-state index in [-0.39, 0.29) is 0 Å². The SMILES string of the molecule is CCCCC/C=C\C/C=C\CCCCCCCCC(CCCCCCCC/C=C\C/C=C\CCCCC)NCCCCc1cnc[nH]1. The molecule has 0 aliphatic carbocycles. The van der Waals surface area contributed by atoms with Gasteiger partial charge in [0.25, 0.3) is 0 Å². The Hall–Kier alpha value is -1.87. The molecule has 1 aromatic heterocycles. The van der Waals surface area contributed by atoms with Crippen molar-refractivity contribution in [1.29, 1.82) is 0 Å². The third kappa shape index (κ3) is 32.5. The number of aryl methyl sites for hydroxylation is 1. The first-order valence-electron chi connectivity index (χ1n) is 20.7. The van der Waals surface area contributed by atoms with E-state index in [2.05, 4.69) is 77.7 Å². The van der Waals surface area contributed by atoms with Crippen LogP contribution in [-0.2, 0) is 6.42 Å². The van der Waals surface area contributed by atoms with Crippen molar-refractivity contribution >= 4 is 0 Å². The van der Waals surface area contributed by atoms with Crippen LogP contribution in [0, 0.1) is 0 Å². The van der Waals surface area contributed by atoms with E-state index in [1.165, 1.54) is 173 Å². The van der Waals surface area contributed by atoms with Crippen molar-refractivity contribution in [3.63, 3.8) is 0 Å². The first-order chi connectivity index (χ1) is 23.4. The maximum Gasteiger partial charge on any atom is 0.0921 e. The molecule has 0 aliphatic rings. The summed E-state index contributed by atoms with van der Waals surface area (Å²) < 4.78 is 0. The molecule has 0 saturated heterocycles. The zero-order valence-electron chi connectivity index (χ0n) is 31.5. The van der Waals surface area contributed by atoms with Gasteiger partial charge < -0.3 is 10.3 Å². The van der Waals surface area contributed by atoms with Gasteiger partial charge in [-0.1, -0.05) is 152 Å². The van der Waals surface area contributed by atoms with Gasteiger partial charge in [0.15, 0.2) is 0 Å². The summed E-state index contributed by atoms with van der Waals surface area (Å²) in [4.78, 5) is 7.39. The van der Waals surface area contributed by atoms with E-state index in [0.717, 1.165) is 25.8 Å². The van der Waals surface area contributed by atoms with Gasteiger partial charge in [0.2, 0.25) is 0 Å². The predicted molar refractivity (Wildman–Crippen MR) is 211 cm³/mol. The van der Waals surface area contributed by atoms with E-state index < -0.39 is 0 Å². The average molecular weight is 650 g/mol. The van der Waals surface area contributed by atoms with E-state index in [4.69, 9.17) is 0 Å². The first-order valence-corrected chi connectivity index (χ1v) is 20.7. The summed E-state index contributed by atoms with van der Waals surface area (Å²) in [6.45, 7) is 5.70. The number of aromatic nitrogens is 2. The van der Waals surface area contributed by atoms with Crippen LogP contribution in [0.3, 0.4) is 0 Å². The zero-order chi connectivity index (χ0) is 33.6. The van der Waals surface area contributed by atoms with Crippen molar-refractivity contribution in [3.05, 3.63) is 66.8 Å². The molecule has 3 heteroatoms. The Bertz CT molecular complexity index is 786. The smallest absolute Gasteiger partial charge is 0.0921 e. The topological polar surface area (TPSA) is 40.7 Å². The summed E-state index contributed by atoms with van der Waals surface area (Å²) in [6, 6.07) is 0.707. The van der Waals surface area contributed by atoms with Gasteiger partial charge in [-0.3, -0.25) is 0 Å². The Kier molecular flexibility index (Phi) is 33.9. The minimum absolute atomic E-state index is 0.707. The second-order valence-electron chi connectivity index (χ2n) is 13.9. The lowest BCUT2D eigenvalue weighted by Crippen LogP contribution is -2.30. The summed E-state index contributed by atoms with van der Waals surface area (Å²) in [5.74, 6) is 0. The Balaban J connectivity index is 2.09. The number of hydrogen-bond acceptors (Lipinski definition) is 2. The largest absolute Gasteiger partial charge is 0.348 e. The molecule has 0 fully saturated rings. The maximum absolute atomic E-state index is 4.15. The van der Waals surface area contributed by atoms with Gasteiger partial charge >= 0.3 is 0 Å². The summed E-state index contributed by atoms with van der Waals surface area (Å²) in [5.41, 5.74) is 1.27. The van der Waals surface area contributed by atoms with Crippen LogP contribution in [0.4, 0.5) is 0 Å². The van der Waals surface area contributed by atoms with Gasteiger partial charge in [0, 0.05) is 17.9 Å². The van der Waals surface area contributed by atoms with Crippen molar-refractivity contribution in [2.75, 3.05) is 6.54 Å². The minimum atomic E-state index is 0.707. The molecule has 1 heterocycles. The number of hydrogen-bond donors (Lipinski definition) is 2. The van der Waals surface area contributed by atoms with E-state index >= 15 is 0 Å². The summed E-state index contributed by atoms with van der Waals surface area (Å²) >= 11 is 0. The van der Waals surface area contributed by atoms with Crippen molar-refractivity contribution < 1.29 is 0 Å². The molecule has 1 rings (SSSR count). The van der Waals surface area contributed by atoms with Crippen LogP contribution in [0.2, 0.25) is 0 Å². The fourth-order valence-electron chi connectivity index (χ4n) is 6.27. The lowest BCUT2D eigenvalue weighted by atomic mass is 9.99. The molecule has 0 saturated carbocycles. The molecule has 1 aromatic rings. The Labute approximate surface area is 294 Å². The van der Waals surface area contributed by atoms with Crippen molar-refractivity contribution in [2.24, 2.45) is 0 Å². The summed E-state index contributed by atoms with van der Waals surface area (Å²) in [5, 5.41) is 3.95. The van der Waals surface area contributed by atoms with Gasteiger partial charge in [-0.25, -0.2) is 4.98 Å². The highest BCUT2D eigenvalue weighted by atomic mass is 14.9. The summed E-state index contributed by atoms with van der Waals surface area (Å²) in [6.07, 6.45) is 61.0. The quantitative estimate of drug-likeness (QED) is 0.0561. The molecule has 0 atom stereocenters. The molecular weight excluding hydrogens is 571 g/mol. The number of unbranched alkanes of at least 4 members (excludes halogenated alkanes) is 19. The maximum atomic E-state index is 4.15. The van der Waals surface area contributed by atoms with Gasteiger partial charge in [0.05, 0.1) is 6.33 Å². The molecule has 0 spiro atoms. The van der Waals surface area contributed by atoms with Crippen LogP contribution >= 0.6 is 0 Å². The molecule has 0 aliphatic heterocycles. The number of aromatic amines is 1. The number of imidazole rings is 1. The van der Waals surface area contributed by atoms with Gasteiger partial charge in [-0.2, -0.15) is 0 Å². The van der Waals surface area contributed by atoms with Crippen LogP contribution in [0.25, 0.3) is 0 Å². The van der Waals surface area contributed by atoms with Gasteiger partial charge in [-0.15, -0.1) is 0 Å². The van der Waals surface area contributed by atoms with Crippen LogP contribution in [0.1, 0.15) is 199 Å². The van der Waals surface area contributed by atoms with E-state index in [9.17, 15) is 0 Å². The van der Waals surface area contributed by atoms with Crippen molar-refractivity contribution in [2.45, 2.75) is 206 Å². The van der Waals surface area contributed by atoms with Crippen LogP contribution in [0.15, 0.2) is 61.1 Å². The number of allylic oxidation sites excluding steroid dienone is 8. The number of rotatable bonds is 36. The lowest BCUT2D eigenvalue weighted by Gasteiger charge is -2.19. The zero-order valence-corrected chi connectivity index (χ0v) is 31.5. The number of nitrogens with zero attached hydrogens (tertiary/aromatic N) is 1. The highest BCUT2D eigenvalue weighted by Crippen LogP contribution is 2.16. The normalized spacial score (nSPS) is 12.4. The van der Waals surface area contributed by atoms with E-state index in [1.54, 1.807) is 6.33 Å². The molecule has 270 valence electrons. The van der Waals surface area contributed by atoms with E-state index in [0.29, 0.717) is 6.04 Å².